The van der Waals surface area contributed by atoms with Gasteiger partial charge in [-0.1, -0.05) is 0 Å². The standard InChI is InChI=1S/C12H2N8S/c13-1-5(2-14)7-9(17)10(18)8(6(3-15)4-16)12-11(7)19-21-20-12/h17-18H. The smallest absolute Gasteiger partial charge is 0.141 e. The van der Waals surface area contributed by atoms with Gasteiger partial charge < -0.3 is 0 Å². The second-order valence-corrected chi connectivity index (χ2v) is 4.19. The van der Waals surface area contributed by atoms with Crippen LogP contribution in [0.4, 0.5) is 0 Å². The van der Waals surface area contributed by atoms with Gasteiger partial charge in [0.05, 0.1) is 34.3 Å². The summed E-state index contributed by atoms with van der Waals surface area (Å²) in [6.07, 6.45) is 0. The highest BCUT2D eigenvalue weighted by molar-refractivity contribution is 6.99. The number of nitrogens with one attached hydrogen (secondary N) is 2. The Kier molecular flexibility index (Phi) is 3.37. The van der Waals surface area contributed by atoms with Crippen molar-refractivity contribution in [2.75, 3.05) is 0 Å². The van der Waals surface area contributed by atoms with Gasteiger partial charge >= 0.3 is 0 Å². The zero-order valence-corrected chi connectivity index (χ0v) is 10.9. The third kappa shape index (κ3) is 1.87. The lowest BCUT2D eigenvalue weighted by atomic mass is 9.83. The number of hydrogen-bond acceptors (Lipinski definition) is 9. The highest BCUT2D eigenvalue weighted by Gasteiger charge is 2.35. The van der Waals surface area contributed by atoms with E-state index in [4.69, 9.17) is 31.9 Å². The predicted octanol–water partition coefficient (Wildman–Crippen LogP) is 1.19. The first-order valence-electron chi connectivity index (χ1n) is 5.21. The molecular weight excluding hydrogens is 288 g/mol. The number of fused-ring (bicyclic) bond motifs is 1. The molecule has 1 heterocycles. The first-order valence-corrected chi connectivity index (χ1v) is 5.94. The number of hydrogen-bond donors (Lipinski definition) is 2. The van der Waals surface area contributed by atoms with Gasteiger partial charge in [0.25, 0.3) is 0 Å². The van der Waals surface area contributed by atoms with Gasteiger partial charge in [-0.15, -0.1) is 0 Å². The van der Waals surface area contributed by atoms with E-state index in [1.165, 1.54) is 0 Å². The highest BCUT2D eigenvalue weighted by atomic mass is 32.1. The summed E-state index contributed by atoms with van der Waals surface area (Å²) in [4.78, 5) is 0. The van der Waals surface area contributed by atoms with Crippen LogP contribution in [0, 0.1) is 56.1 Å². The summed E-state index contributed by atoms with van der Waals surface area (Å²) < 4.78 is 7.84. The molecule has 8 nitrogen and oxygen atoms in total. The van der Waals surface area contributed by atoms with Crippen LogP contribution in [0.2, 0.25) is 0 Å². The topological polar surface area (TPSA) is 169 Å². The molecule has 1 aliphatic carbocycles. The molecule has 0 unspecified atom stereocenters. The van der Waals surface area contributed by atoms with Gasteiger partial charge in [-0.05, 0) is 0 Å². The quantitative estimate of drug-likeness (QED) is 0.679. The van der Waals surface area contributed by atoms with Crippen molar-refractivity contribution >= 4 is 34.3 Å². The van der Waals surface area contributed by atoms with Crippen LogP contribution in [0.25, 0.3) is 11.1 Å². The van der Waals surface area contributed by atoms with Crippen LogP contribution in [-0.4, -0.2) is 20.2 Å². The van der Waals surface area contributed by atoms with E-state index in [2.05, 4.69) is 8.75 Å². The molecule has 9 heteroatoms. The molecule has 1 aromatic rings. The molecule has 21 heavy (non-hydrogen) atoms. The van der Waals surface area contributed by atoms with Crippen molar-refractivity contribution in [3.05, 3.63) is 22.5 Å². The van der Waals surface area contributed by atoms with Gasteiger partial charge in [-0.3, -0.25) is 10.8 Å². The number of rotatable bonds is 0. The van der Waals surface area contributed by atoms with Crippen molar-refractivity contribution in [3.8, 4) is 24.3 Å². The van der Waals surface area contributed by atoms with Gasteiger partial charge in [0.15, 0.2) is 0 Å². The van der Waals surface area contributed by atoms with Crippen molar-refractivity contribution in [2.24, 2.45) is 0 Å². The van der Waals surface area contributed by atoms with E-state index in [0.29, 0.717) is 0 Å². The molecule has 1 aromatic heterocycles. The molecule has 0 saturated carbocycles. The van der Waals surface area contributed by atoms with Gasteiger partial charge in [0.2, 0.25) is 0 Å². The largest absolute Gasteiger partial charge is 0.298 e. The lowest BCUT2D eigenvalue weighted by Gasteiger charge is -2.18. The SMILES string of the molecule is N#CC(C#N)=C1C(=N)C(=N)C(=C(C#N)C#N)c2nsnc21. The van der Waals surface area contributed by atoms with Crippen molar-refractivity contribution in [2.45, 2.75) is 0 Å². The van der Waals surface area contributed by atoms with E-state index >= 15 is 0 Å². The molecule has 0 spiro atoms. The maximum atomic E-state index is 8.95. The minimum absolute atomic E-state index is 0.0668. The molecule has 0 atom stereocenters. The fourth-order valence-electron chi connectivity index (χ4n) is 1.76. The molecule has 2 rings (SSSR count). The second kappa shape index (κ2) is 5.14. The molecule has 0 amide bonds. The second-order valence-electron chi connectivity index (χ2n) is 3.66. The highest BCUT2D eigenvalue weighted by Crippen LogP contribution is 2.35. The molecule has 0 radical (unpaired) electrons. The number of aromatic nitrogens is 2. The zero-order valence-electron chi connectivity index (χ0n) is 10.1. The van der Waals surface area contributed by atoms with E-state index in [0.717, 1.165) is 11.7 Å². The number of nitrogens with zero attached hydrogens (tertiary/aromatic N) is 6. The Morgan fingerprint density at radius 3 is 1.38 bits per heavy atom. The van der Waals surface area contributed by atoms with Crippen LogP contribution in [-0.2, 0) is 0 Å². The monoisotopic (exact) mass is 290 g/mol. The Labute approximate surface area is 122 Å². The Hall–Kier alpha value is -3.66. The van der Waals surface area contributed by atoms with Crippen LogP contribution in [0.5, 0.6) is 0 Å². The first kappa shape index (κ1) is 13.8. The Morgan fingerprint density at radius 1 is 0.762 bits per heavy atom. The summed E-state index contributed by atoms with van der Waals surface area (Å²) in [7, 11) is 0. The van der Waals surface area contributed by atoms with Crippen LogP contribution in [0.1, 0.15) is 11.4 Å². The minimum atomic E-state index is -0.439. The van der Waals surface area contributed by atoms with Crippen molar-refractivity contribution < 1.29 is 0 Å². The average Bonchev–Trinajstić information content (AvgIpc) is 2.96. The van der Waals surface area contributed by atoms with Gasteiger partial charge in [-0.2, -0.15) is 29.8 Å². The maximum Gasteiger partial charge on any atom is 0.141 e. The normalized spacial score (nSPS) is 12.6. The number of allylic oxidation sites excluding steroid dienone is 4. The molecular formula is C12H2N8S. The van der Waals surface area contributed by atoms with Gasteiger partial charge in [0.1, 0.15) is 46.8 Å². The van der Waals surface area contributed by atoms with Crippen LogP contribution >= 0.6 is 11.7 Å². The summed E-state index contributed by atoms with van der Waals surface area (Å²) in [5, 5.41) is 51.7. The summed E-state index contributed by atoms with van der Waals surface area (Å²) in [6, 6.07) is 6.59. The van der Waals surface area contributed by atoms with Gasteiger partial charge in [-0.25, -0.2) is 0 Å². The van der Waals surface area contributed by atoms with Crippen LogP contribution in [0.3, 0.4) is 0 Å². The Balaban J connectivity index is 2.96. The molecule has 0 fully saturated rings. The number of nitriles is 4. The molecule has 1 aliphatic rings. The molecule has 0 bridgehead atoms. The fourth-order valence-corrected chi connectivity index (χ4v) is 2.32. The molecule has 0 saturated heterocycles. The fraction of sp³-hybridized carbons (Fsp3) is 0. The Morgan fingerprint density at radius 2 is 1.10 bits per heavy atom. The van der Waals surface area contributed by atoms with Gasteiger partial charge in [0, 0.05) is 0 Å². The predicted molar refractivity (Wildman–Crippen MR) is 71.7 cm³/mol. The van der Waals surface area contributed by atoms with Crippen molar-refractivity contribution in [3.63, 3.8) is 0 Å². The average molecular weight is 290 g/mol. The third-order valence-electron chi connectivity index (χ3n) is 2.66. The Bertz CT molecular complexity index is 810. The molecule has 0 aliphatic heterocycles. The first-order chi connectivity index (χ1) is 10.1. The summed E-state index contributed by atoms with van der Waals surface area (Å²) in [6.45, 7) is 0. The van der Waals surface area contributed by atoms with E-state index in [-0.39, 0.29) is 33.7 Å². The van der Waals surface area contributed by atoms with E-state index in [9.17, 15) is 0 Å². The third-order valence-corrected chi connectivity index (χ3v) is 3.19. The van der Waals surface area contributed by atoms with Crippen molar-refractivity contribution in [1.29, 1.82) is 31.9 Å². The molecule has 96 valence electrons. The summed E-state index contributed by atoms with van der Waals surface area (Å²) >= 11 is 0.744. The minimum Gasteiger partial charge on any atom is -0.298 e. The lowest BCUT2D eigenvalue weighted by Crippen LogP contribution is -2.24. The lowest BCUT2D eigenvalue weighted by molar-refractivity contribution is 1.35. The van der Waals surface area contributed by atoms with Crippen LogP contribution < -0.4 is 0 Å². The zero-order chi connectivity index (χ0) is 15.6. The van der Waals surface area contributed by atoms with E-state index in [1.807, 2.05) is 0 Å². The van der Waals surface area contributed by atoms with Crippen molar-refractivity contribution in [1.82, 2.24) is 8.75 Å². The summed E-state index contributed by atoms with van der Waals surface area (Å²) in [5.74, 6) is 0. The van der Waals surface area contributed by atoms with E-state index in [1.54, 1.807) is 24.3 Å². The molecule has 2 N–H and O–H groups in total. The summed E-state index contributed by atoms with van der Waals surface area (Å²) in [5.41, 5.74) is -1.69. The van der Waals surface area contributed by atoms with E-state index < -0.39 is 11.4 Å². The maximum absolute atomic E-state index is 8.95. The van der Waals surface area contributed by atoms with Crippen LogP contribution in [0.15, 0.2) is 11.1 Å². The molecule has 0 aromatic carbocycles.